The first kappa shape index (κ1) is 22.0. The first-order valence-corrected chi connectivity index (χ1v) is 11.7. The predicted octanol–water partition coefficient (Wildman–Crippen LogP) is 5.73. The second-order valence-corrected chi connectivity index (χ2v) is 9.30. The Bertz CT molecular complexity index is 1350. The molecule has 0 spiro atoms. The Morgan fingerprint density at radius 1 is 1.06 bits per heavy atom. The van der Waals surface area contributed by atoms with Crippen molar-refractivity contribution in [3.8, 4) is 22.4 Å². The van der Waals surface area contributed by atoms with Crippen LogP contribution < -0.4 is 10.6 Å². The number of carbonyl (C=O) groups excluding carboxylic acids is 1. The smallest absolute Gasteiger partial charge is 0.222 e. The number of nitrogens with two attached hydrogens (primary N) is 1. The summed E-state index contributed by atoms with van der Waals surface area (Å²) in [4.78, 5) is 18.6. The summed E-state index contributed by atoms with van der Waals surface area (Å²) in [5.41, 5.74) is 9.35. The van der Waals surface area contributed by atoms with E-state index >= 15 is 0 Å². The lowest BCUT2D eigenvalue weighted by Gasteiger charge is -2.32. The zero-order valence-corrected chi connectivity index (χ0v) is 19.8. The number of nitrogens with zero attached hydrogens (tertiary/aromatic N) is 4. The van der Waals surface area contributed by atoms with Gasteiger partial charge in [0.15, 0.2) is 5.65 Å². The number of amides is 1. The molecule has 168 valence electrons. The quantitative estimate of drug-likeness (QED) is 0.363. The summed E-state index contributed by atoms with van der Waals surface area (Å²) >= 11 is 19.2. The van der Waals surface area contributed by atoms with Gasteiger partial charge in [-0.2, -0.15) is 9.61 Å². The van der Waals surface area contributed by atoms with Crippen molar-refractivity contribution in [2.75, 3.05) is 18.0 Å². The van der Waals surface area contributed by atoms with Gasteiger partial charge >= 0.3 is 0 Å². The third-order valence-corrected chi connectivity index (χ3v) is 6.72. The molecule has 1 atom stereocenters. The minimum Gasteiger partial charge on any atom is -0.369 e. The molecule has 0 radical (unpaired) electrons. The first-order valence-electron chi connectivity index (χ1n) is 10.6. The maximum atomic E-state index is 11.9. The van der Waals surface area contributed by atoms with Crippen molar-refractivity contribution in [1.82, 2.24) is 14.6 Å². The maximum absolute atomic E-state index is 11.9. The summed E-state index contributed by atoms with van der Waals surface area (Å²) in [6.45, 7) is 1.26. The summed E-state index contributed by atoms with van der Waals surface area (Å²) in [6.07, 6.45) is 1.62. The van der Waals surface area contributed by atoms with Gasteiger partial charge in [-0.25, -0.2) is 4.98 Å². The highest BCUT2D eigenvalue weighted by molar-refractivity contribution is 6.33. The van der Waals surface area contributed by atoms with Crippen LogP contribution in [0.4, 0.5) is 5.82 Å². The van der Waals surface area contributed by atoms with E-state index in [9.17, 15) is 4.79 Å². The fraction of sp³-hybridized carbons (Fsp3) is 0.208. The Morgan fingerprint density at radius 2 is 1.82 bits per heavy atom. The van der Waals surface area contributed by atoms with Crippen LogP contribution in [0.15, 0.2) is 54.6 Å². The van der Waals surface area contributed by atoms with Gasteiger partial charge in [-0.1, -0.05) is 65.1 Å². The minimum absolute atomic E-state index is 0.227. The molecule has 1 saturated heterocycles. The van der Waals surface area contributed by atoms with Crippen molar-refractivity contribution in [3.63, 3.8) is 0 Å². The molecule has 9 heteroatoms. The highest BCUT2D eigenvalue weighted by Gasteiger charge is 2.28. The van der Waals surface area contributed by atoms with Crippen LogP contribution in [0.25, 0.3) is 28.0 Å². The molecule has 2 N–H and O–H groups in total. The van der Waals surface area contributed by atoms with Gasteiger partial charge in [0.1, 0.15) is 16.7 Å². The number of hydrogen-bond acceptors (Lipinski definition) is 4. The van der Waals surface area contributed by atoms with Crippen LogP contribution in [0.2, 0.25) is 15.2 Å². The summed E-state index contributed by atoms with van der Waals surface area (Å²) < 4.78 is 1.78. The number of rotatable bonds is 4. The highest BCUT2D eigenvalue weighted by Crippen LogP contribution is 2.40. The van der Waals surface area contributed by atoms with E-state index in [0.29, 0.717) is 33.1 Å². The summed E-state index contributed by atoms with van der Waals surface area (Å²) in [5.74, 6) is 0.231. The zero-order chi connectivity index (χ0) is 23.1. The number of aromatic nitrogens is 3. The Kier molecular flexibility index (Phi) is 5.91. The monoisotopic (exact) mass is 499 g/mol. The van der Waals surface area contributed by atoms with E-state index in [4.69, 9.17) is 45.6 Å². The molecular weight excluding hydrogens is 481 g/mol. The van der Waals surface area contributed by atoms with Gasteiger partial charge in [-0.3, -0.25) is 4.79 Å². The van der Waals surface area contributed by atoms with E-state index < -0.39 is 0 Å². The molecule has 3 heterocycles. The van der Waals surface area contributed by atoms with E-state index in [0.717, 1.165) is 41.9 Å². The normalized spacial score (nSPS) is 16.3. The molecule has 6 nitrogen and oxygen atoms in total. The topological polar surface area (TPSA) is 76.5 Å². The van der Waals surface area contributed by atoms with Crippen LogP contribution in [-0.2, 0) is 4.79 Å². The first-order chi connectivity index (χ1) is 15.9. The van der Waals surface area contributed by atoms with Crippen molar-refractivity contribution in [1.29, 1.82) is 0 Å². The lowest BCUT2D eigenvalue weighted by atomic mass is 9.97. The van der Waals surface area contributed by atoms with Gasteiger partial charge in [-0.15, -0.1) is 0 Å². The van der Waals surface area contributed by atoms with Crippen LogP contribution in [0, 0.1) is 5.92 Å². The van der Waals surface area contributed by atoms with E-state index in [1.165, 1.54) is 0 Å². The molecular formula is C24H20Cl3N5O. The second-order valence-electron chi connectivity index (χ2n) is 8.07. The van der Waals surface area contributed by atoms with Gasteiger partial charge in [0.05, 0.1) is 16.5 Å². The van der Waals surface area contributed by atoms with Gasteiger partial charge in [0.25, 0.3) is 0 Å². The molecule has 0 unspecified atom stereocenters. The van der Waals surface area contributed by atoms with Crippen LogP contribution in [-0.4, -0.2) is 33.6 Å². The predicted molar refractivity (Wildman–Crippen MR) is 133 cm³/mol. The number of anilines is 1. The number of primary amides is 1. The SMILES string of the molecule is NC(=O)[C@H]1CCCN(c2cc(Cl)nc3c(-c4ccc(Cl)cc4)c(-c4ccccc4Cl)nn23)C1. The fourth-order valence-corrected chi connectivity index (χ4v) is 4.87. The molecule has 33 heavy (non-hydrogen) atoms. The molecule has 1 amide bonds. The third-order valence-electron chi connectivity index (χ3n) is 5.95. The molecule has 1 aliphatic heterocycles. The van der Waals surface area contributed by atoms with Crippen LogP contribution in [0.5, 0.6) is 0 Å². The number of benzene rings is 2. The Morgan fingerprint density at radius 3 is 2.55 bits per heavy atom. The molecule has 5 rings (SSSR count). The summed E-state index contributed by atoms with van der Waals surface area (Å²) in [6, 6.07) is 16.8. The Balaban J connectivity index is 1.77. The third kappa shape index (κ3) is 4.14. The van der Waals surface area contributed by atoms with Crippen LogP contribution in [0.3, 0.4) is 0 Å². The van der Waals surface area contributed by atoms with E-state index in [-0.39, 0.29) is 11.8 Å². The average Bonchev–Trinajstić information content (AvgIpc) is 3.18. The fourth-order valence-electron chi connectivity index (χ4n) is 4.34. The van der Waals surface area contributed by atoms with Gasteiger partial charge in [0.2, 0.25) is 5.91 Å². The minimum atomic E-state index is -0.296. The van der Waals surface area contributed by atoms with E-state index in [1.807, 2.05) is 48.5 Å². The Hall–Kier alpha value is -2.80. The highest BCUT2D eigenvalue weighted by atomic mass is 35.5. The summed E-state index contributed by atoms with van der Waals surface area (Å²) in [5, 5.41) is 6.49. The maximum Gasteiger partial charge on any atom is 0.222 e. The zero-order valence-electron chi connectivity index (χ0n) is 17.5. The summed E-state index contributed by atoms with van der Waals surface area (Å²) in [7, 11) is 0. The molecule has 4 aromatic rings. The van der Waals surface area contributed by atoms with Crippen molar-refractivity contribution in [2.45, 2.75) is 12.8 Å². The number of fused-ring (bicyclic) bond motifs is 1. The lowest BCUT2D eigenvalue weighted by molar-refractivity contribution is -0.122. The van der Waals surface area contributed by atoms with Crippen molar-refractivity contribution in [2.24, 2.45) is 11.7 Å². The molecule has 0 aliphatic carbocycles. The number of carbonyl (C=O) groups is 1. The number of piperidine rings is 1. The van der Waals surface area contributed by atoms with Crippen molar-refractivity contribution in [3.05, 3.63) is 69.8 Å². The van der Waals surface area contributed by atoms with Gasteiger partial charge < -0.3 is 10.6 Å². The molecule has 2 aromatic heterocycles. The number of halogens is 3. The van der Waals surface area contributed by atoms with Crippen LogP contribution >= 0.6 is 34.8 Å². The van der Waals surface area contributed by atoms with Crippen molar-refractivity contribution < 1.29 is 4.79 Å². The molecule has 0 bridgehead atoms. The molecule has 2 aromatic carbocycles. The molecule has 1 aliphatic rings. The van der Waals surface area contributed by atoms with Gasteiger partial charge in [-0.05, 0) is 36.6 Å². The largest absolute Gasteiger partial charge is 0.369 e. The standard InChI is InChI=1S/C24H20Cl3N5O/c25-16-9-7-14(8-10-16)21-22(17-5-1-2-6-18(17)26)30-32-20(12-19(27)29-24(21)32)31-11-3-4-15(13-31)23(28)33/h1-2,5-10,12,15H,3-4,11,13H2,(H2,28,33)/t15-/m0/s1. The lowest BCUT2D eigenvalue weighted by Crippen LogP contribution is -2.42. The van der Waals surface area contributed by atoms with Crippen molar-refractivity contribution >= 4 is 52.2 Å². The average molecular weight is 501 g/mol. The molecule has 0 saturated carbocycles. The van der Waals surface area contributed by atoms with E-state index in [1.54, 1.807) is 10.6 Å². The number of hydrogen-bond donors (Lipinski definition) is 1. The van der Waals surface area contributed by atoms with Crippen LogP contribution in [0.1, 0.15) is 12.8 Å². The molecule has 1 fully saturated rings. The van der Waals surface area contributed by atoms with Gasteiger partial charge in [0, 0.05) is 29.7 Å². The second kappa shape index (κ2) is 8.86. The van der Waals surface area contributed by atoms with E-state index in [2.05, 4.69) is 9.88 Å². The Labute approximate surface area is 205 Å².